The van der Waals surface area contributed by atoms with Crippen LogP contribution in [-0.2, 0) is 20.1 Å². The quantitative estimate of drug-likeness (QED) is 0.157. The Labute approximate surface area is 289 Å². The van der Waals surface area contributed by atoms with Crippen LogP contribution in [0.15, 0.2) is 132 Å². The minimum absolute atomic E-state index is 0. The summed E-state index contributed by atoms with van der Waals surface area (Å²) in [4.78, 5) is 5.29. The number of benzene rings is 6. The zero-order valence-electron chi connectivity index (χ0n) is 26.9. The molecule has 0 fully saturated rings. The molecule has 0 saturated carbocycles. The molecule has 0 bridgehead atoms. The number of nitrogens with zero attached hydrogens (tertiary/aromatic N) is 2. The molecular formula is C43H35IrN2O-. The van der Waals surface area contributed by atoms with Gasteiger partial charge in [0.2, 0.25) is 0 Å². The Balaban J connectivity index is 0.00000351. The van der Waals surface area contributed by atoms with Crippen LogP contribution >= 0.6 is 0 Å². The molecule has 233 valence electrons. The largest absolute Gasteiger partial charge is 0.557 e. The molecule has 0 aliphatic rings. The monoisotopic (exact) mass is 788 g/mol. The number of imidazole rings is 1. The van der Waals surface area contributed by atoms with Crippen molar-refractivity contribution in [2.75, 3.05) is 0 Å². The van der Waals surface area contributed by atoms with Crippen LogP contribution < -0.4 is 0 Å². The van der Waals surface area contributed by atoms with Crippen molar-refractivity contribution in [1.29, 1.82) is 0 Å². The Hall–Kier alpha value is -4.76. The Kier molecular flexibility index (Phi) is 8.18. The van der Waals surface area contributed by atoms with Crippen molar-refractivity contribution in [3.05, 3.63) is 145 Å². The van der Waals surface area contributed by atoms with Crippen LogP contribution in [0.4, 0.5) is 0 Å². The molecule has 0 saturated heterocycles. The first-order valence-corrected chi connectivity index (χ1v) is 16.1. The van der Waals surface area contributed by atoms with Gasteiger partial charge in [-0.1, -0.05) is 142 Å². The topological polar surface area (TPSA) is 31.0 Å². The van der Waals surface area contributed by atoms with Crippen LogP contribution in [0.3, 0.4) is 0 Å². The molecule has 6 aromatic carbocycles. The van der Waals surface area contributed by atoms with Crippen molar-refractivity contribution in [2.45, 2.75) is 39.5 Å². The van der Waals surface area contributed by atoms with Gasteiger partial charge in [-0.2, -0.15) is 0 Å². The molecule has 0 amide bonds. The summed E-state index contributed by atoms with van der Waals surface area (Å²) in [6.07, 6.45) is 3.29. The van der Waals surface area contributed by atoms with Gasteiger partial charge >= 0.3 is 0 Å². The minimum atomic E-state index is 0. The van der Waals surface area contributed by atoms with Gasteiger partial charge in [-0.15, -0.1) is 0 Å². The third kappa shape index (κ3) is 5.32. The first kappa shape index (κ1) is 30.9. The molecule has 0 aliphatic heterocycles. The van der Waals surface area contributed by atoms with Gasteiger partial charge < -0.3 is 8.98 Å². The molecule has 8 rings (SSSR count). The van der Waals surface area contributed by atoms with Crippen molar-refractivity contribution >= 4 is 32.8 Å². The summed E-state index contributed by atoms with van der Waals surface area (Å²) in [5.41, 5.74) is 12.3. The summed E-state index contributed by atoms with van der Waals surface area (Å²) in [6, 6.07) is 45.3. The maximum absolute atomic E-state index is 6.12. The molecule has 0 unspecified atom stereocenters. The minimum Gasteiger partial charge on any atom is -0.557 e. The van der Waals surface area contributed by atoms with E-state index in [9.17, 15) is 0 Å². The van der Waals surface area contributed by atoms with Gasteiger partial charge in [0, 0.05) is 37.6 Å². The van der Waals surface area contributed by atoms with E-state index in [2.05, 4.69) is 166 Å². The molecule has 2 aromatic heterocycles. The molecule has 47 heavy (non-hydrogen) atoms. The molecule has 1 radical (unpaired) electrons. The number of hydrogen-bond acceptors (Lipinski definition) is 2. The third-order valence-electron chi connectivity index (χ3n) is 9.14. The van der Waals surface area contributed by atoms with E-state index in [4.69, 9.17) is 9.40 Å². The van der Waals surface area contributed by atoms with Gasteiger partial charge in [0.1, 0.15) is 0 Å². The molecule has 0 N–H and O–H groups in total. The van der Waals surface area contributed by atoms with E-state index in [0.29, 0.717) is 0 Å². The van der Waals surface area contributed by atoms with Crippen molar-refractivity contribution < 1.29 is 24.5 Å². The van der Waals surface area contributed by atoms with Crippen LogP contribution in [0, 0.1) is 6.26 Å². The second-order valence-electron chi connectivity index (χ2n) is 12.8. The Morgan fingerprint density at radius 3 is 2.06 bits per heavy atom. The summed E-state index contributed by atoms with van der Waals surface area (Å²) in [5, 5.41) is 3.45. The molecule has 2 heterocycles. The maximum Gasteiger partial charge on any atom is 0.0774 e. The van der Waals surface area contributed by atoms with Crippen LogP contribution in [0.2, 0.25) is 0 Å². The van der Waals surface area contributed by atoms with Crippen molar-refractivity contribution in [1.82, 2.24) is 9.55 Å². The van der Waals surface area contributed by atoms with E-state index >= 15 is 0 Å². The molecule has 8 aromatic rings. The van der Waals surface area contributed by atoms with E-state index in [1.165, 1.54) is 44.3 Å². The summed E-state index contributed by atoms with van der Waals surface area (Å²) in [7, 11) is 0. The Morgan fingerprint density at radius 2 is 1.30 bits per heavy atom. The molecule has 4 heteroatoms. The number of hydrogen-bond donors (Lipinski definition) is 0. The van der Waals surface area contributed by atoms with Crippen molar-refractivity contribution in [3.63, 3.8) is 0 Å². The fourth-order valence-corrected chi connectivity index (χ4v) is 6.82. The molecule has 3 nitrogen and oxygen atoms in total. The number of rotatable bonds is 6. The van der Waals surface area contributed by atoms with Gasteiger partial charge in [-0.25, -0.2) is 0 Å². The second kappa shape index (κ2) is 12.4. The summed E-state index contributed by atoms with van der Waals surface area (Å²) >= 11 is 0. The van der Waals surface area contributed by atoms with Gasteiger partial charge in [0.05, 0.1) is 16.9 Å². The Bertz CT molecular complexity index is 2350. The smallest absolute Gasteiger partial charge is 0.0774 e. The van der Waals surface area contributed by atoms with Crippen LogP contribution in [-0.4, -0.2) is 9.55 Å². The zero-order chi connectivity index (χ0) is 31.4. The molecular weight excluding hydrogens is 753 g/mol. The fraction of sp³-hybridized carbons (Fsp3) is 0.140. The Morgan fingerprint density at radius 1 is 0.617 bits per heavy atom. The fourth-order valence-electron chi connectivity index (χ4n) is 6.82. The van der Waals surface area contributed by atoms with Crippen LogP contribution in [0.25, 0.3) is 72.1 Å². The molecule has 0 aliphatic carbocycles. The van der Waals surface area contributed by atoms with Gasteiger partial charge in [0.25, 0.3) is 0 Å². The predicted molar refractivity (Wildman–Crippen MR) is 192 cm³/mol. The number of para-hydroxylation sites is 2. The molecule has 0 spiro atoms. The normalized spacial score (nSPS) is 11.6. The number of furan rings is 1. The van der Waals surface area contributed by atoms with Gasteiger partial charge in [-0.05, 0) is 80.3 Å². The van der Waals surface area contributed by atoms with E-state index in [1.54, 1.807) is 0 Å². The predicted octanol–water partition coefficient (Wildman–Crippen LogP) is 12.0. The van der Waals surface area contributed by atoms with E-state index in [-0.39, 0.29) is 31.9 Å². The maximum atomic E-state index is 6.12. The standard InChI is InChI=1S/C43H35N2O.Ir/c1-27(2)35-24-32(29-13-6-5-7-14-29)25-36(28(3)4)42(35)45-40-20-11-10-19-39(40)44-43(45)38-26-46-41-22-21-31(23-37(38)41)34-18-12-16-30-15-8-9-17-33(30)34;/h5-25,27-28H,1-4H3;/q-1;. The van der Waals surface area contributed by atoms with Crippen molar-refractivity contribution in [2.24, 2.45) is 0 Å². The summed E-state index contributed by atoms with van der Waals surface area (Å²) < 4.78 is 8.48. The summed E-state index contributed by atoms with van der Waals surface area (Å²) in [6.45, 7) is 9.14. The SMILES string of the molecule is CC(C)c1cc(-c2ccccc2)cc(C(C)C)c1-n1c(-c2[c-]oc3ccc(-c4cccc5ccccc45)cc23)nc2ccccc21.[Ir]. The van der Waals surface area contributed by atoms with Gasteiger partial charge in [-0.3, -0.25) is 4.98 Å². The average molecular weight is 788 g/mol. The first-order valence-electron chi connectivity index (χ1n) is 16.1. The van der Waals surface area contributed by atoms with E-state index < -0.39 is 0 Å². The first-order chi connectivity index (χ1) is 22.5. The second-order valence-corrected chi connectivity index (χ2v) is 12.8. The average Bonchev–Trinajstić information content (AvgIpc) is 3.68. The number of aromatic nitrogens is 2. The molecule has 0 atom stereocenters. The van der Waals surface area contributed by atoms with Crippen LogP contribution in [0.1, 0.15) is 50.7 Å². The van der Waals surface area contributed by atoms with Crippen LogP contribution in [0.5, 0.6) is 0 Å². The summed E-state index contributed by atoms with van der Waals surface area (Å²) in [5.74, 6) is 1.41. The van der Waals surface area contributed by atoms with Crippen molar-refractivity contribution in [3.8, 4) is 39.3 Å². The number of fused-ring (bicyclic) bond motifs is 3. The van der Waals surface area contributed by atoms with Gasteiger partial charge in [0.15, 0.2) is 0 Å². The van der Waals surface area contributed by atoms with E-state index in [1.807, 2.05) is 0 Å². The zero-order valence-corrected chi connectivity index (χ0v) is 29.3. The third-order valence-corrected chi connectivity index (χ3v) is 9.14. The van der Waals surface area contributed by atoms with E-state index in [0.717, 1.165) is 39.0 Å².